The summed E-state index contributed by atoms with van der Waals surface area (Å²) >= 11 is 0. The Morgan fingerprint density at radius 1 is 0.266 bits per heavy atom. The molecule has 1 atom stereocenters. The second-order valence-electron chi connectivity index (χ2n) is 20.9. The number of hydrogen-bond donors (Lipinski definition) is 0. The number of hydrogen-bond acceptors (Lipinski definition) is 6. The molecule has 0 aromatic heterocycles. The first-order chi connectivity index (χ1) is 39.0. The maximum Gasteiger partial charge on any atom is 0.306 e. The lowest BCUT2D eigenvalue weighted by Gasteiger charge is -2.18. The molecule has 0 aromatic carbocycles. The van der Waals surface area contributed by atoms with Gasteiger partial charge >= 0.3 is 17.9 Å². The van der Waals surface area contributed by atoms with Gasteiger partial charge in [-0.05, 0) is 128 Å². The molecule has 0 amide bonds. The van der Waals surface area contributed by atoms with Gasteiger partial charge in [0.25, 0.3) is 0 Å². The lowest BCUT2D eigenvalue weighted by molar-refractivity contribution is -0.166. The Hall–Kier alpha value is -4.71. The molecule has 0 aliphatic heterocycles. The summed E-state index contributed by atoms with van der Waals surface area (Å²) in [4.78, 5) is 38.3. The van der Waals surface area contributed by atoms with Crippen molar-refractivity contribution in [2.24, 2.45) is 0 Å². The average Bonchev–Trinajstić information content (AvgIpc) is 3.45. The lowest BCUT2D eigenvalue weighted by Crippen LogP contribution is -2.30. The summed E-state index contributed by atoms with van der Waals surface area (Å²) in [7, 11) is 0. The highest BCUT2D eigenvalue weighted by atomic mass is 16.6. The van der Waals surface area contributed by atoms with E-state index in [0.29, 0.717) is 12.8 Å². The van der Waals surface area contributed by atoms with Crippen molar-refractivity contribution in [2.45, 2.75) is 284 Å². The number of carbonyl (C=O) groups is 3. The Morgan fingerprint density at radius 2 is 0.519 bits per heavy atom. The average molecular weight is 1090 g/mol. The third kappa shape index (κ3) is 64.0. The van der Waals surface area contributed by atoms with Crippen LogP contribution in [0.2, 0.25) is 0 Å². The molecule has 0 fully saturated rings. The fourth-order valence-electron chi connectivity index (χ4n) is 8.55. The number of allylic oxidation sites excluding steroid dienone is 24. The van der Waals surface area contributed by atoms with E-state index in [1.54, 1.807) is 0 Å². The fraction of sp³-hybridized carbons (Fsp3) is 0.630. The van der Waals surface area contributed by atoms with Crippen molar-refractivity contribution in [1.29, 1.82) is 0 Å². The molecule has 79 heavy (non-hydrogen) atoms. The maximum atomic E-state index is 12.9. The molecule has 446 valence electrons. The van der Waals surface area contributed by atoms with Crippen molar-refractivity contribution < 1.29 is 28.6 Å². The highest BCUT2D eigenvalue weighted by molar-refractivity contribution is 5.71. The number of unbranched alkanes of at least 4 members (excludes halogenated alkanes) is 22. The van der Waals surface area contributed by atoms with Crippen molar-refractivity contribution in [2.75, 3.05) is 13.2 Å². The van der Waals surface area contributed by atoms with Gasteiger partial charge in [-0.2, -0.15) is 0 Å². The van der Waals surface area contributed by atoms with Gasteiger partial charge in [-0.1, -0.05) is 276 Å². The third-order valence-corrected chi connectivity index (χ3v) is 13.3. The number of esters is 3. The first-order valence-electron chi connectivity index (χ1n) is 32.3. The number of carbonyl (C=O) groups excluding carboxylic acids is 3. The van der Waals surface area contributed by atoms with Crippen molar-refractivity contribution in [3.05, 3.63) is 146 Å². The zero-order valence-electron chi connectivity index (χ0n) is 51.1. The Balaban J connectivity index is 4.40. The Kier molecular flexibility index (Phi) is 61.9. The summed E-state index contributed by atoms with van der Waals surface area (Å²) in [6, 6.07) is 0. The smallest absolute Gasteiger partial charge is 0.306 e. The van der Waals surface area contributed by atoms with Gasteiger partial charge in [-0.3, -0.25) is 14.4 Å². The lowest BCUT2D eigenvalue weighted by atomic mass is 10.0. The van der Waals surface area contributed by atoms with Crippen LogP contribution in [0.5, 0.6) is 0 Å². The standard InChI is InChI=1S/C73H118O6/c1-4-7-10-13-16-19-22-25-27-29-31-33-34-35-36-37-38-40-41-43-45-48-51-54-57-60-63-66-72(75)78-69-70(68-77-71(74)65-62-59-56-53-50-47-24-21-18-15-12-9-6-3)79-73(76)67-64-61-58-55-52-49-46-44-42-39-32-30-28-26-23-20-17-14-11-8-5-2/h8-9,11-12,17-18,20-22,25-26,28-29,31-32,34-35,39,44,46-47,50,56,59,70H,4-7,10,13-16,19,23-24,27,30,33,36-38,40-43,45,48-49,51-55,57-58,60-69H2,1-3H3/b11-8-,12-9-,20-17-,21-18-,25-22-,28-26-,31-29-,35-34-,39-32-,46-44-,50-47-,59-56-. The summed E-state index contributed by atoms with van der Waals surface area (Å²) in [6.07, 6.45) is 94.4. The van der Waals surface area contributed by atoms with Crippen LogP contribution < -0.4 is 0 Å². The predicted molar refractivity (Wildman–Crippen MR) is 343 cm³/mol. The van der Waals surface area contributed by atoms with Crippen molar-refractivity contribution in [1.82, 2.24) is 0 Å². The van der Waals surface area contributed by atoms with E-state index < -0.39 is 6.10 Å². The zero-order valence-corrected chi connectivity index (χ0v) is 51.1. The van der Waals surface area contributed by atoms with E-state index in [2.05, 4.69) is 161 Å². The molecular weight excluding hydrogens is 973 g/mol. The maximum absolute atomic E-state index is 12.9. The van der Waals surface area contributed by atoms with Crippen LogP contribution in [0.15, 0.2) is 146 Å². The summed E-state index contributed by atoms with van der Waals surface area (Å²) in [5.41, 5.74) is 0. The topological polar surface area (TPSA) is 78.9 Å². The molecule has 0 aromatic rings. The van der Waals surface area contributed by atoms with E-state index in [1.165, 1.54) is 103 Å². The highest BCUT2D eigenvalue weighted by Gasteiger charge is 2.19. The molecule has 0 saturated carbocycles. The van der Waals surface area contributed by atoms with Crippen molar-refractivity contribution in [3.8, 4) is 0 Å². The largest absolute Gasteiger partial charge is 0.462 e. The monoisotopic (exact) mass is 1090 g/mol. The Labute approximate surface area is 487 Å². The molecule has 0 aliphatic carbocycles. The van der Waals surface area contributed by atoms with Gasteiger partial charge in [-0.15, -0.1) is 0 Å². The predicted octanol–water partition coefficient (Wildman–Crippen LogP) is 22.3. The summed E-state index contributed by atoms with van der Waals surface area (Å²) in [5.74, 6) is -1.02. The molecule has 6 nitrogen and oxygen atoms in total. The Morgan fingerprint density at radius 3 is 0.848 bits per heavy atom. The van der Waals surface area contributed by atoms with E-state index in [9.17, 15) is 14.4 Å². The summed E-state index contributed by atoms with van der Waals surface area (Å²) in [5, 5.41) is 0. The van der Waals surface area contributed by atoms with E-state index in [-0.39, 0.29) is 44.0 Å². The van der Waals surface area contributed by atoms with Gasteiger partial charge < -0.3 is 14.2 Å². The normalized spacial score (nSPS) is 13.1. The van der Waals surface area contributed by atoms with Crippen LogP contribution in [0.25, 0.3) is 0 Å². The number of ether oxygens (including phenoxy) is 3. The molecular formula is C73H118O6. The minimum atomic E-state index is -0.826. The highest BCUT2D eigenvalue weighted by Crippen LogP contribution is 2.15. The Bertz CT molecular complexity index is 1730. The van der Waals surface area contributed by atoms with E-state index >= 15 is 0 Å². The van der Waals surface area contributed by atoms with Crippen LogP contribution in [-0.2, 0) is 28.6 Å². The van der Waals surface area contributed by atoms with Gasteiger partial charge in [-0.25, -0.2) is 0 Å². The van der Waals surface area contributed by atoms with Crippen LogP contribution in [0.1, 0.15) is 278 Å². The SMILES string of the molecule is CC/C=C\C/C=C\C/C=C\C/C=C\C/C=C\CCCCCCCC(=O)OC(COC(=O)CC/C=C\C/C=C\C/C=C\C/C=C\CC)COC(=O)CCCCCCCCCCCCCC/C=C\C/C=C\C/C=C\CCCCCCC. The molecule has 0 rings (SSSR count). The molecule has 0 heterocycles. The van der Waals surface area contributed by atoms with Crippen LogP contribution in [0, 0.1) is 0 Å². The fourth-order valence-corrected chi connectivity index (χ4v) is 8.55. The molecule has 0 N–H and O–H groups in total. The van der Waals surface area contributed by atoms with Crippen LogP contribution in [-0.4, -0.2) is 37.2 Å². The minimum absolute atomic E-state index is 0.114. The molecule has 0 aliphatic rings. The van der Waals surface area contributed by atoms with Crippen LogP contribution in [0.4, 0.5) is 0 Å². The first-order valence-corrected chi connectivity index (χ1v) is 32.3. The second-order valence-corrected chi connectivity index (χ2v) is 20.9. The van der Waals surface area contributed by atoms with Gasteiger partial charge in [0.2, 0.25) is 0 Å². The van der Waals surface area contributed by atoms with Crippen molar-refractivity contribution in [3.63, 3.8) is 0 Å². The van der Waals surface area contributed by atoms with Gasteiger partial charge in [0.05, 0.1) is 0 Å². The first kappa shape index (κ1) is 74.3. The van der Waals surface area contributed by atoms with Crippen LogP contribution >= 0.6 is 0 Å². The van der Waals surface area contributed by atoms with Gasteiger partial charge in [0, 0.05) is 19.3 Å². The van der Waals surface area contributed by atoms with Crippen molar-refractivity contribution >= 4 is 17.9 Å². The molecule has 0 saturated heterocycles. The summed E-state index contributed by atoms with van der Waals surface area (Å²) in [6.45, 7) is 6.32. The summed E-state index contributed by atoms with van der Waals surface area (Å²) < 4.78 is 16.8. The molecule has 0 radical (unpaired) electrons. The molecule has 6 heteroatoms. The van der Waals surface area contributed by atoms with Gasteiger partial charge in [0.15, 0.2) is 6.10 Å². The number of rotatable bonds is 57. The zero-order chi connectivity index (χ0) is 57.1. The van der Waals surface area contributed by atoms with Crippen LogP contribution in [0.3, 0.4) is 0 Å². The van der Waals surface area contributed by atoms with E-state index in [1.807, 2.05) is 6.08 Å². The quantitative estimate of drug-likeness (QED) is 0.0261. The van der Waals surface area contributed by atoms with E-state index in [0.717, 1.165) is 128 Å². The third-order valence-electron chi connectivity index (χ3n) is 13.3. The molecule has 1 unspecified atom stereocenters. The minimum Gasteiger partial charge on any atom is -0.462 e. The molecule has 0 bridgehead atoms. The van der Waals surface area contributed by atoms with E-state index in [4.69, 9.17) is 14.2 Å². The molecule has 0 spiro atoms. The van der Waals surface area contributed by atoms with Gasteiger partial charge in [0.1, 0.15) is 13.2 Å². The second kappa shape index (κ2) is 65.8.